The highest BCUT2D eigenvalue weighted by atomic mass is 35.5. The Morgan fingerprint density at radius 2 is 2.08 bits per heavy atom. The summed E-state index contributed by atoms with van der Waals surface area (Å²) >= 11 is 6.00. The van der Waals surface area contributed by atoms with Crippen LogP contribution < -0.4 is 15.0 Å². The van der Waals surface area contributed by atoms with E-state index in [9.17, 15) is 19.5 Å². The fourth-order valence-corrected chi connectivity index (χ4v) is 2.94. The van der Waals surface area contributed by atoms with Crippen molar-refractivity contribution in [1.29, 1.82) is 0 Å². The Hall–Kier alpha value is -2.28. The summed E-state index contributed by atoms with van der Waals surface area (Å²) in [5, 5.41) is 12.2. The average Bonchev–Trinajstić information content (AvgIpc) is 2.93. The smallest absolute Gasteiger partial charge is 0.326 e. The molecule has 0 aromatic heterocycles. The van der Waals surface area contributed by atoms with Gasteiger partial charge in [-0.1, -0.05) is 25.4 Å². The van der Waals surface area contributed by atoms with Crippen LogP contribution in [0.5, 0.6) is 5.75 Å². The average molecular weight is 369 g/mol. The Kier molecular flexibility index (Phi) is 5.89. The van der Waals surface area contributed by atoms with Crippen molar-refractivity contribution < 1.29 is 24.2 Å². The normalized spacial score (nSPS) is 18.4. The van der Waals surface area contributed by atoms with Crippen molar-refractivity contribution in [1.82, 2.24) is 5.32 Å². The number of hydrogen-bond acceptors (Lipinski definition) is 4. The lowest BCUT2D eigenvalue weighted by Gasteiger charge is -2.21. The molecule has 1 heterocycles. The third-order valence-corrected chi connectivity index (χ3v) is 4.39. The minimum absolute atomic E-state index is 0.00589. The van der Waals surface area contributed by atoms with Gasteiger partial charge in [0.05, 0.1) is 18.7 Å². The van der Waals surface area contributed by atoms with Crippen molar-refractivity contribution in [3.8, 4) is 5.75 Å². The van der Waals surface area contributed by atoms with Crippen LogP contribution in [-0.2, 0) is 14.4 Å². The lowest BCUT2D eigenvalue weighted by Crippen LogP contribution is -2.47. The first-order valence-electron chi connectivity index (χ1n) is 7.91. The maximum atomic E-state index is 12.4. The van der Waals surface area contributed by atoms with Gasteiger partial charge in [-0.2, -0.15) is 0 Å². The van der Waals surface area contributed by atoms with Gasteiger partial charge >= 0.3 is 5.97 Å². The van der Waals surface area contributed by atoms with Crippen LogP contribution in [0.15, 0.2) is 18.2 Å². The molecule has 0 spiro atoms. The molecule has 2 amide bonds. The number of ether oxygens (including phenoxy) is 1. The molecule has 1 fully saturated rings. The number of carbonyl (C=O) groups excluding carboxylic acids is 2. The van der Waals surface area contributed by atoms with E-state index in [1.54, 1.807) is 32.0 Å². The van der Waals surface area contributed by atoms with Crippen LogP contribution in [0, 0.1) is 11.8 Å². The molecule has 136 valence electrons. The fraction of sp³-hybridized carbons (Fsp3) is 0.471. The van der Waals surface area contributed by atoms with Crippen LogP contribution in [0.1, 0.15) is 20.3 Å². The number of amides is 2. The molecule has 25 heavy (non-hydrogen) atoms. The van der Waals surface area contributed by atoms with Crippen LogP contribution in [0.4, 0.5) is 5.69 Å². The Bertz CT molecular complexity index is 692. The topological polar surface area (TPSA) is 95.9 Å². The van der Waals surface area contributed by atoms with E-state index in [-0.39, 0.29) is 24.8 Å². The van der Waals surface area contributed by atoms with Gasteiger partial charge in [-0.25, -0.2) is 4.79 Å². The summed E-state index contributed by atoms with van der Waals surface area (Å²) in [4.78, 5) is 37.4. The number of carboxylic acids is 1. The molecule has 1 aromatic rings. The van der Waals surface area contributed by atoms with Gasteiger partial charge in [0.2, 0.25) is 11.8 Å². The molecular weight excluding hydrogens is 348 g/mol. The van der Waals surface area contributed by atoms with E-state index < -0.39 is 23.8 Å². The summed E-state index contributed by atoms with van der Waals surface area (Å²) in [5.74, 6) is -2.19. The van der Waals surface area contributed by atoms with Gasteiger partial charge in [-0.3, -0.25) is 9.59 Å². The van der Waals surface area contributed by atoms with Crippen molar-refractivity contribution in [2.75, 3.05) is 18.6 Å². The van der Waals surface area contributed by atoms with E-state index >= 15 is 0 Å². The summed E-state index contributed by atoms with van der Waals surface area (Å²) < 4.78 is 5.25. The number of aliphatic carboxylic acids is 1. The molecule has 1 aromatic carbocycles. The van der Waals surface area contributed by atoms with Gasteiger partial charge < -0.3 is 20.1 Å². The summed E-state index contributed by atoms with van der Waals surface area (Å²) in [6, 6.07) is 3.91. The van der Waals surface area contributed by atoms with Gasteiger partial charge in [0.1, 0.15) is 11.8 Å². The summed E-state index contributed by atoms with van der Waals surface area (Å²) in [7, 11) is 1.48. The fourth-order valence-electron chi connectivity index (χ4n) is 2.77. The lowest BCUT2D eigenvalue weighted by atomic mass is 10.0. The van der Waals surface area contributed by atoms with Crippen LogP contribution in [0.2, 0.25) is 5.02 Å². The van der Waals surface area contributed by atoms with E-state index in [2.05, 4.69) is 5.32 Å². The molecule has 0 radical (unpaired) electrons. The molecule has 2 rings (SSSR count). The zero-order valence-corrected chi connectivity index (χ0v) is 15.0. The van der Waals surface area contributed by atoms with Gasteiger partial charge in [0.25, 0.3) is 0 Å². The second-order valence-electron chi connectivity index (χ2n) is 6.29. The minimum atomic E-state index is -1.10. The number of carboxylic acid groups (broad SMARTS) is 1. The largest absolute Gasteiger partial charge is 0.495 e. The first-order chi connectivity index (χ1) is 11.7. The number of nitrogens with one attached hydrogen (secondary N) is 1. The molecule has 1 unspecified atom stereocenters. The molecule has 1 saturated heterocycles. The number of anilines is 1. The number of methoxy groups -OCH3 is 1. The summed E-state index contributed by atoms with van der Waals surface area (Å²) in [6.07, 6.45) is 0.00589. The molecule has 2 atom stereocenters. The maximum absolute atomic E-state index is 12.4. The van der Waals surface area contributed by atoms with Crippen LogP contribution in [-0.4, -0.2) is 42.6 Å². The zero-order chi connectivity index (χ0) is 18.7. The van der Waals surface area contributed by atoms with Crippen molar-refractivity contribution >= 4 is 35.1 Å². The Labute approximate surface area is 150 Å². The van der Waals surface area contributed by atoms with Gasteiger partial charge in [0.15, 0.2) is 0 Å². The number of hydrogen-bond donors (Lipinski definition) is 2. The molecule has 7 nitrogen and oxygen atoms in total. The SMILES string of the molecule is COc1ccc(Cl)cc1N1CC(C(=O)N[C@H](C(=O)O)C(C)C)CC1=O. The quantitative estimate of drug-likeness (QED) is 0.799. The Morgan fingerprint density at radius 1 is 1.40 bits per heavy atom. The van der Waals surface area contributed by atoms with Crippen LogP contribution in [0.25, 0.3) is 0 Å². The second-order valence-corrected chi connectivity index (χ2v) is 6.73. The highest BCUT2D eigenvalue weighted by Crippen LogP contribution is 2.35. The molecule has 1 aliphatic heterocycles. The van der Waals surface area contributed by atoms with Crippen LogP contribution >= 0.6 is 11.6 Å². The third kappa shape index (κ3) is 4.22. The Morgan fingerprint density at radius 3 is 2.64 bits per heavy atom. The van der Waals surface area contributed by atoms with E-state index in [4.69, 9.17) is 16.3 Å². The zero-order valence-electron chi connectivity index (χ0n) is 14.3. The predicted octanol–water partition coefficient (Wildman–Crippen LogP) is 1.93. The summed E-state index contributed by atoms with van der Waals surface area (Å²) in [6.45, 7) is 3.57. The lowest BCUT2D eigenvalue weighted by molar-refractivity contribution is -0.143. The molecular formula is C17H21ClN2O5. The van der Waals surface area contributed by atoms with Gasteiger partial charge in [-0.05, 0) is 24.1 Å². The van der Waals surface area contributed by atoms with E-state index in [1.807, 2.05) is 0 Å². The molecule has 0 saturated carbocycles. The van der Waals surface area contributed by atoms with E-state index in [0.717, 1.165) is 0 Å². The highest BCUT2D eigenvalue weighted by Gasteiger charge is 2.38. The van der Waals surface area contributed by atoms with Crippen molar-refractivity contribution in [2.24, 2.45) is 11.8 Å². The highest BCUT2D eigenvalue weighted by molar-refractivity contribution is 6.31. The first kappa shape index (κ1) is 19.1. The van der Waals surface area contributed by atoms with E-state index in [0.29, 0.717) is 16.5 Å². The standard InChI is InChI=1S/C17H21ClN2O5/c1-9(2)15(17(23)24)19-16(22)10-6-14(21)20(8-10)12-7-11(18)4-5-13(12)25-3/h4-5,7,9-10,15H,6,8H2,1-3H3,(H,19,22)(H,23,24)/t10?,15-/m0/s1. The number of rotatable bonds is 6. The number of nitrogens with zero attached hydrogens (tertiary/aromatic N) is 1. The monoisotopic (exact) mass is 368 g/mol. The summed E-state index contributed by atoms with van der Waals surface area (Å²) in [5.41, 5.74) is 0.494. The first-order valence-corrected chi connectivity index (χ1v) is 8.29. The van der Waals surface area contributed by atoms with E-state index in [1.165, 1.54) is 12.0 Å². The maximum Gasteiger partial charge on any atom is 0.326 e. The number of carbonyl (C=O) groups is 3. The van der Waals surface area contributed by atoms with Crippen molar-refractivity contribution in [3.05, 3.63) is 23.2 Å². The molecule has 1 aliphatic rings. The van der Waals surface area contributed by atoms with Crippen molar-refractivity contribution in [2.45, 2.75) is 26.3 Å². The Balaban J connectivity index is 2.16. The van der Waals surface area contributed by atoms with Crippen LogP contribution in [0.3, 0.4) is 0 Å². The third-order valence-electron chi connectivity index (χ3n) is 4.16. The number of benzene rings is 1. The van der Waals surface area contributed by atoms with Crippen molar-refractivity contribution in [3.63, 3.8) is 0 Å². The predicted molar refractivity (Wildman–Crippen MR) is 92.9 cm³/mol. The second kappa shape index (κ2) is 7.74. The number of halogens is 1. The van der Waals surface area contributed by atoms with Gasteiger partial charge in [-0.15, -0.1) is 0 Å². The molecule has 0 bridgehead atoms. The minimum Gasteiger partial charge on any atom is -0.495 e. The van der Waals surface area contributed by atoms with Gasteiger partial charge in [0, 0.05) is 18.0 Å². The molecule has 0 aliphatic carbocycles. The molecule has 8 heteroatoms. The molecule has 2 N–H and O–H groups in total.